The van der Waals surface area contributed by atoms with E-state index in [0.29, 0.717) is 28.7 Å². The van der Waals surface area contributed by atoms with E-state index in [9.17, 15) is 10.1 Å². The molecule has 0 aliphatic heterocycles. The first kappa shape index (κ1) is 19.4. The van der Waals surface area contributed by atoms with E-state index in [1.165, 1.54) is 10.4 Å². The number of carbonyl (C=O) groups is 1. The van der Waals surface area contributed by atoms with Gasteiger partial charge in [0, 0.05) is 4.88 Å². The molecule has 3 rings (SSSR count). The van der Waals surface area contributed by atoms with Crippen molar-refractivity contribution >= 4 is 22.2 Å². The molecule has 1 aliphatic carbocycles. The minimum absolute atomic E-state index is 0.195. The Hall–Kier alpha value is -2.32. The highest BCUT2D eigenvalue weighted by Gasteiger charge is 2.26. The minimum atomic E-state index is -0.586. The Morgan fingerprint density at radius 2 is 2.19 bits per heavy atom. The third kappa shape index (κ3) is 4.17. The third-order valence-corrected chi connectivity index (χ3v) is 6.45. The van der Waals surface area contributed by atoms with Crippen LogP contribution in [0.5, 0.6) is 5.75 Å². The van der Waals surface area contributed by atoms with Crippen LogP contribution in [0.2, 0.25) is 0 Å². The first-order chi connectivity index (χ1) is 12.9. The van der Waals surface area contributed by atoms with E-state index in [2.05, 4.69) is 18.3 Å². The maximum Gasteiger partial charge on any atom is 0.266 e. The maximum absolute atomic E-state index is 12.8. The molecule has 4 nitrogen and oxygen atoms in total. The van der Waals surface area contributed by atoms with Crippen molar-refractivity contribution in [3.63, 3.8) is 0 Å². The van der Waals surface area contributed by atoms with Gasteiger partial charge in [0.2, 0.25) is 0 Å². The monoisotopic (exact) mass is 382 g/mol. The molecule has 1 heterocycles. The molecule has 5 heteroatoms. The Morgan fingerprint density at radius 1 is 1.41 bits per heavy atom. The highest BCUT2D eigenvalue weighted by Crippen LogP contribution is 2.39. The number of anilines is 1. The summed E-state index contributed by atoms with van der Waals surface area (Å²) in [6, 6.07) is 8.15. The SMILES string of the molecule is CCC(Oc1ccc(C)c(C)c1)C(=O)Nc1sc2c(c1C#N)CCC(C)C2. The summed E-state index contributed by atoms with van der Waals surface area (Å²) in [5.41, 5.74) is 4.08. The minimum Gasteiger partial charge on any atom is -0.481 e. The number of fused-ring (bicyclic) bond motifs is 1. The first-order valence-electron chi connectivity index (χ1n) is 9.52. The second kappa shape index (κ2) is 8.14. The first-order valence-corrected chi connectivity index (χ1v) is 10.3. The van der Waals surface area contributed by atoms with Gasteiger partial charge in [-0.3, -0.25) is 4.79 Å². The summed E-state index contributed by atoms with van der Waals surface area (Å²) in [5.74, 6) is 1.13. The van der Waals surface area contributed by atoms with Crippen LogP contribution in [0.15, 0.2) is 18.2 Å². The molecule has 1 aromatic heterocycles. The van der Waals surface area contributed by atoms with E-state index >= 15 is 0 Å². The second-order valence-electron chi connectivity index (χ2n) is 7.42. The van der Waals surface area contributed by atoms with Gasteiger partial charge in [-0.15, -0.1) is 11.3 Å². The van der Waals surface area contributed by atoms with Crippen LogP contribution in [0.1, 0.15) is 53.8 Å². The molecule has 2 unspecified atom stereocenters. The van der Waals surface area contributed by atoms with Crippen LogP contribution in [0.3, 0.4) is 0 Å². The Bertz CT molecular complexity index is 894. The molecule has 142 valence electrons. The van der Waals surface area contributed by atoms with Crippen molar-refractivity contribution in [2.45, 2.75) is 59.5 Å². The van der Waals surface area contributed by atoms with E-state index in [-0.39, 0.29) is 5.91 Å². The number of benzene rings is 1. The lowest BCUT2D eigenvalue weighted by molar-refractivity contribution is -0.122. The molecule has 1 N–H and O–H groups in total. The standard InChI is InChI=1S/C22H26N2O2S/c1-5-19(26-16-8-7-14(3)15(4)11-16)21(25)24-22-18(12-23)17-9-6-13(2)10-20(17)27-22/h7-8,11,13,19H,5-6,9-10H2,1-4H3,(H,24,25). The molecule has 2 atom stereocenters. The number of hydrogen-bond acceptors (Lipinski definition) is 4. The number of nitriles is 1. The number of amides is 1. The maximum atomic E-state index is 12.8. The Morgan fingerprint density at radius 3 is 2.85 bits per heavy atom. The number of rotatable bonds is 5. The Balaban J connectivity index is 1.77. The summed E-state index contributed by atoms with van der Waals surface area (Å²) in [6.45, 7) is 8.24. The zero-order valence-corrected chi connectivity index (χ0v) is 17.2. The summed E-state index contributed by atoms with van der Waals surface area (Å²) >= 11 is 1.55. The number of ether oxygens (including phenoxy) is 1. The molecular formula is C22H26N2O2S. The van der Waals surface area contributed by atoms with E-state index < -0.39 is 6.10 Å². The molecule has 0 saturated heterocycles. The molecule has 0 fully saturated rings. The number of hydrogen-bond donors (Lipinski definition) is 1. The molecule has 27 heavy (non-hydrogen) atoms. The van der Waals surface area contributed by atoms with Crippen molar-refractivity contribution in [1.82, 2.24) is 0 Å². The Kier molecular flexibility index (Phi) is 5.86. The number of carbonyl (C=O) groups excluding carboxylic acids is 1. The van der Waals surface area contributed by atoms with Gasteiger partial charge in [-0.2, -0.15) is 5.26 Å². The van der Waals surface area contributed by atoms with Gasteiger partial charge in [-0.05, 0) is 74.3 Å². The van der Waals surface area contributed by atoms with Crippen LogP contribution in [0.25, 0.3) is 0 Å². The summed E-state index contributed by atoms with van der Waals surface area (Å²) in [5, 5.41) is 13.2. The fourth-order valence-electron chi connectivity index (χ4n) is 3.42. The highest BCUT2D eigenvalue weighted by atomic mass is 32.1. The largest absolute Gasteiger partial charge is 0.481 e. The van der Waals surface area contributed by atoms with E-state index in [0.717, 1.165) is 30.4 Å². The molecule has 0 bridgehead atoms. The van der Waals surface area contributed by atoms with Crippen molar-refractivity contribution in [3.05, 3.63) is 45.3 Å². The van der Waals surface area contributed by atoms with Gasteiger partial charge in [0.25, 0.3) is 5.91 Å². The summed E-state index contributed by atoms with van der Waals surface area (Å²) < 4.78 is 5.94. The van der Waals surface area contributed by atoms with Gasteiger partial charge in [0.05, 0.1) is 5.56 Å². The second-order valence-corrected chi connectivity index (χ2v) is 8.52. The molecule has 1 aliphatic rings. The fourth-order valence-corrected chi connectivity index (χ4v) is 4.79. The van der Waals surface area contributed by atoms with Crippen LogP contribution in [-0.4, -0.2) is 12.0 Å². The number of nitrogens with one attached hydrogen (secondary N) is 1. The molecule has 1 aromatic carbocycles. The van der Waals surface area contributed by atoms with Crippen LogP contribution in [-0.2, 0) is 17.6 Å². The lowest BCUT2D eigenvalue weighted by Crippen LogP contribution is -2.32. The molecule has 1 amide bonds. The smallest absolute Gasteiger partial charge is 0.266 e. The average Bonchev–Trinajstić information content (AvgIpc) is 2.98. The van der Waals surface area contributed by atoms with Gasteiger partial charge >= 0.3 is 0 Å². The Labute approximate surface area is 165 Å². The predicted octanol–water partition coefficient (Wildman–Crippen LogP) is 5.16. The van der Waals surface area contributed by atoms with Crippen molar-refractivity contribution in [1.29, 1.82) is 5.26 Å². The summed E-state index contributed by atoms with van der Waals surface area (Å²) in [6.07, 6.45) is 2.97. The summed E-state index contributed by atoms with van der Waals surface area (Å²) in [7, 11) is 0. The van der Waals surface area contributed by atoms with E-state index in [1.54, 1.807) is 11.3 Å². The van der Waals surface area contributed by atoms with Gasteiger partial charge in [0.15, 0.2) is 6.10 Å². The molecule has 2 aromatic rings. The number of aryl methyl sites for hydroxylation is 2. The van der Waals surface area contributed by atoms with Gasteiger partial charge in [0.1, 0.15) is 16.8 Å². The third-order valence-electron chi connectivity index (χ3n) is 5.28. The van der Waals surface area contributed by atoms with Crippen LogP contribution < -0.4 is 10.1 Å². The van der Waals surface area contributed by atoms with Crippen LogP contribution >= 0.6 is 11.3 Å². The zero-order valence-electron chi connectivity index (χ0n) is 16.4. The van der Waals surface area contributed by atoms with Gasteiger partial charge in [-0.1, -0.05) is 19.9 Å². The quantitative estimate of drug-likeness (QED) is 0.777. The number of nitrogens with zero attached hydrogens (tertiary/aromatic N) is 1. The summed E-state index contributed by atoms with van der Waals surface area (Å²) in [4.78, 5) is 14.0. The van der Waals surface area contributed by atoms with Crippen molar-refractivity contribution < 1.29 is 9.53 Å². The molecule has 0 saturated carbocycles. The van der Waals surface area contributed by atoms with Crippen LogP contribution in [0, 0.1) is 31.1 Å². The normalized spacial score (nSPS) is 16.9. The van der Waals surface area contributed by atoms with Gasteiger partial charge < -0.3 is 10.1 Å². The van der Waals surface area contributed by atoms with Crippen molar-refractivity contribution in [3.8, 4) is 11.8 Å². The lowest BCUT2D eigenvalue weighted by Gasteiger charge is -2.18. The topological polar surface area (TPSA) is 62.1 Å². The molecule has 0 spiro atoms. The van der Waals surface area contributed by atoms with Gasteiger partial charge in [-0.25, -0.2) is 0 Å². The molecular weight excluding hydrogens is 356 g/mol. The van der Waals surface area contributed by atoms with Crippen molar-refractivity contribution in [2.75, 3.05) is 5.32 Å². The molecule has 0 radical (unpaired) electrons. The average molecular weight is 383 g/mol. The fraction of sp³-hybridized carbons (Fsp3) is 0.455. The van der Waals surface area contributed by atoms with Crippen molar-refractivity contribution in [2.24, 2.45) is 5.92 Å². The predicted molar refractivity (Wildman–Crippen MR) is 109 cm³/mol. The van der Waals surface area contributed by atoms with Crippen LogP contribution in [0.4, 0.5) is 5.00 Å². The van der Waals surface area contributed by atoms with E-state index in [1.807, 2.05) is 39.0 Å². The highest BCUT2D eigenvalue weighted by molar-refractivity contribution is 7.16. The number of thiophene rings is 1. The lowest BCUT2D eigenvalue weighted by atomic mass is 9.88. The van der Waals surface area contributed by atoms with E-state index in [4.69, 9.17) is 4.74 Å². The zero-order chi connectivity index (χ0) is 19.6.